The van der Waals surface area contributed by atoms with Crippen LogP contribution in [0, 0.1) is 5.92 Å². The summed E-state index contributed by atoms with van der Waals surface area (Å²) in [5.74, 6) is 1.16. The first-order chi connectivity index (χ1) is 9.18. The molecular weight excluding hydrogens is 250 g/mol. The standard InChI is InChI=1S/C17H23NS/c1-13(2)17(16-10-7-11-19-16)18-12-14(3)15-8-5-4-6-9-15/h4-11,13-14,17-18H,12H2,1-3H3. The number of hydrogen-bond acceptors (Lipinski definition) is 2. The van der Waals surface area contributed by atoms with Gasteiger partial charge >= 0.3 is 0 Å². The van der Waals surface area contributed by atoms with Crippen molar-refractivity contribution in [2.45, 2.75) is 32.7 Å². The second-order valence-electron chi connectivity index (χ2n) is 5.46. The normalized spacial score (nSPS) is 14.5. The average Bonchev–Trinajstić information content (AvgIpc) is 2.93. The predicted octanol–water partition coefficient (Wildman–Crippen LogP) is 4.84. The number of hydrogen-bond donors (Lipinski definition) is 1. The second kappa shape index (κ2) is 6.88. The van der Waals surface area contributed by atoms with E-state index >= 15 is 0 Å². The van der Waals surface area contributed by atoms with Gasteiger partial charge in [-0.15, -0.1) is 11.3 Å². The summed E-state index contributed by atoms with van der Waals surface area (Å²) in [5.41, 5.74) is 1.41. The van der Waals surface area contributed by atoms with Crippen LogP contribution in [0.15, 0.2) is 47.8 Å². The lowest BCUT2D eigenvalue weighted by molar-refractivity contribution is 0.407. The molecule has 0 aliphatic carbocycles. The van der Waals surface area contributed by atoms with Gasteiger partial charge in [-0.2, -0.15) is 0 Å². The molecule has 102 valence electrons. The summed E-state index contributed by atoms with van der Waals surface area (Å²) in [4.78, 5) is 1.44. The van der Waals surface area contributed by atoms with E-state index in [4.69, 9.17) is 0 Å². The molecule has 0 amide bonds. The molecule has 0 spiro atoms. The van der Waals surface area contributed by atoms with Gasteiger partial charge in [-0.05, 0) is 28.8 Å². The maximum atomic E-state index is 3.73. The van der Waals surface area contributed by atoms with E-state index in [9.17, 15) is 0 Å². The molecule has 2 atom stereocenters. The zero-order valence-electron chi connectivity index (χ0n) is 12.0. The summed E-state index contributed by atoms with van der Waals surface area (Å²) in [5, 5.41) is 5.89. The van der Waals surface area contributed by atoms with Crippen molar-refractivity contribution < 1.29 is 0 Å². The molecule has 2 heteroatoms. The Morgan fingerprint density at radius 1 is 1.00 bits per heavy atom. The van der Waals surface area contributed by atoms with Crippen molar-refractivity contribution >= 4 is 11.3 Å². The Bertz CT molecular complexity index is 461. The molecule has 0 aliphatic rings. The molecular formula is C17H23NS. The summed E-state index contributed by atoms with van der Waals surface area (Å²) in [6, 6.07) is 15.6. The van der Waals surface area contributed by atoms with Crippen LogP contribution in [0.1, 0.15) is 43.2 Å². The minimum Gasteiger partial charge on any atom is -0.308 e. The quantitative estimate of drug-likeness (QED) is 0.794. The molecule has 1 heterocycles. The molecule has 2 rings (SSSR count). The lowest BCUT2D eigenvalue weighted by Gasteiger charge is -2.23. The third kappa shape index (κ3) is 3.92. The highest BCUT2D eigenvalue weighted by Gasteiger charge is 2.17. The zero-order valence-corrected chi connectivity index (χ0v) is 12.8. The third-order valence-corrected chi connectivity index (χ3v) is 4.48. The highest BCUT2D eigenvalue weighted by atomic mass is 32.1. The van der Waals surface area contributed by atoms with Gasteiger partial charge in [0, 0.05) is 17.5 Å². The first-order valence-corrected chi connectivity index (χ1v) is 7.88. The van der Waals surface area contributed by atoms with E-state index in [0.717, 1.165) is 6.54 Å². The number of rotatable bonds is 6. The minimum atomic E-state index is 0.464. The van der Waals surface area contributed by atoms with Gasteiger partial charge in [0.25, 0.3) is 0 Å². The average molecular weight is 273 g/mol. The van der Waals surface area contributed by atoms with Gasteiger partial charge in [-0.25, -0.2) is 0 Å². The van der Waals surface area contributed by atoms with Crippen molar-refractivity contribution in [3.8, 4) is 0 Å². The fraction of sp³-hybridized carbons (Fsp3) is 0.412. The molecule has 1 nitrogen and oxygen atoms in total. The lowest BCUT2D eigenvalue weighted by atomic mass is 9.98. The van der Waals surface area contributed by atoms with Crippen LogP contribution in [0.2, 0.25) is 0 Å². The lowest BCUT2D eigenvalue weighted by Crippen LogP contribution is -2.28. The predicted molar refractivity (Wildman–Crippen MR) is 84.8 cm³/mol. The third-order valence-electron chi connectivity index (χ3n) is 3.53. The van der Waals surface area contributed by atoms with Crippen LogP contribution in [0.4, 0.5) is 0 Å². The van der Waals surface area contributed by atoms with Gasteiger partial charge in [-0.1, -0.05) is 57.2 Å². The van der Waals surface area contributed by atoms with Crippen LogP contribution < -0.4 is 5.32 Å². The van der Waals surface area contributed by atoms with Crippen molar-refractivity contribution in [2.75, 3.05) is 6.54 Å². The molecule has 19 heavy (non-hydrogen) atoms. The molecule has 0 fully saturated rings. The molecule has 0 saturated heterocycles. The Morgan fingerprint density at radius 3 is 2.32 bits per heavy atom. The van der Waals surface area contributed by atoms with Crippen LogP contribution in [-0.2, 0) is 0 Å². The van der Waals surface area contributed by atoms with Crippen LogP contribution in [0.5, 0.6) is 0 Å². The van der Waals surface area contributed by atoms with E-state index in [-0.39, 0.29) is 0 Å². The molecule has 2 unspecified atom stereocenters. The van der Waals surface area contributed by atoms with Crippen LogP contribution in [0.3, 0.4) is 0 Å². The van der Waals surface area contributed by atoms with Crippen LogP contribution in [0.25, 0.3) is 0 Å². The van der Waals surface area contributed by atoms with Gasteiger partial charge in [0.2, 0.25) is 0 Å². The summed E-state index contributed by atoms with van der Waals surface area (Å²) < 4.78 is 0. The smallest absolute Gasteiger partial charge is 0.0438 e. The Kier molecular flexibility index (Phi) is 5.17. The highest BCUT2D eigenvalue weighted by molar-refractivity contribution is 7.10. The molecule has 2 aromatic rings. The first kappa shape index (κ1) is 14.3. The maximum Gasteiger partial charge on any atom is 0.0438 e. The minimum absolute atomic E-state index is 0.464. The van der Waals surface area contributed by atoms with Gasteiger partial charge in [0.05, 0.1) is 0 Å². The molecule has 0 aliphatic heterocycles. The molecule has 0 saturated carbocycles. The Labute approximate surface area is 120 Å². The summed E-state index contributed by atoms with van der Waals surface area (Å²) in [6.07, 6.45) is 0. The van der Waals surface area contributed by atoms with E-state index in [1.165, 1.54) is 10.4 Å². The first-order valence-electron chi connectivity index (χ1n) is 7.00. The fourth-order valence-electron chi connectivity index (χ4n) is 2.34. The van der Waals surface area contributed by atoms with Crippen molar-refractivity contribution in [3.05, 3.63) is 58.3 Å². The van der Waals surface area contributed by atoms with E-state index in [0.29, 0.717) is 17.9 Å². The highest BCUT2D eigenvalue weighted by Crippen LogP contribution is 2.26. The van der Waals surface area contributed by atoms with Crippen LogP contribution >= 0.6 is 11.3 Å². The molecule has 0 bridgehead atoms. The Balaban J connectivity index is 1.96. The van der Waals surface area contributed by atoms with Gasteiger partial charge in [-0.3, -0.25) is 0 Å². The summed E-state index contributed by atoms with van der Waals surface area (Å²) in [6.45, 7) is 7.87. The Hall–Kier alpha value is -1.12. The number of thiophene rings is 1. The van der Waals surface area contributed by atoms with E-state index < -0.39 is 0 Å². The molecule has 0 radical (unpaired) electrons. The number of benzene rings is 1. The maximum absolute atomic E-state index is 3.73. The van der Waals surface area contributed by atoms with Gasteiger partial charge < -0.3 is 5.32 Å². The van der Waals surface area contributed by atoms with Crippen molar-refractivity contribution in [2.24, 2.45) is 5.92 Å². The topological polar surface area (TPSA) is 12.0 Å². The summed E-state index contributed by atoms with van der Waals surface area (Å²) in [7, 11) is 0. The van der Waals surface area contributed by atoms with Crippen molar-refractivity contribution in [1.82, 2.24) is 5.32 Å². The molecule has 1 aromatic carbocycles. The fourth-order valence-corrected chi connectivity index (χ4v) is 3.31. The van der Waals surface area contributed by atoms with Gasteiger partial charge in [0.15, 0.2) is 0 Å². The monoisotopic (exact) mass is 273 g/mol. The van der Waals surface area contributed by atoms with Crippen LogP contribution in [-0.4, -0.2) is 6.54 Å². The summed E-state index contributed by atoms with van der Waals surface area (Å²) >= 11 is 1.84. The zero-order chi connectivity index (χ0) is 13.7. The largest absolute Gasteiger partial charge is 0.308 e. The molecule has 1 N–H and O–H groups in total. The molecule has 1 aromatic heterocycles. The second-order valence-corrected chi connectivity index (χ2v) is 6.44. The van der Waals surface area contributed by atoms with Crippen molar-refractivity contribution in [3.63, 3.8) is 0 Å². The van der Waals surface area contributed by atoms with E-state index in [1.807, 2.05) is 11.3 Å². The van der Waals surface area contributed by atoms with E-state index in [2.05, 4.69) is 73.9 Å². The van der Waals surface area contributed by atoms with E-state index in [1.54, 1.807) is 0 Å². The van der Waals surface area contributed by atoms with Gasteiger partial charge in [0.1, 0.15) is 0 Å². The van der Waals surface area contributed by atoms with Crippen molar-refractivity contribution in [1.29, 1.82) is 0 Å². The number of nitrogens with one attached hydrogen (secondary N) is 1. The Morgan fingerprint density at radius 2 is 1.74 bits per heavy atom. The SMILES string of the molecule is CC(CNC(c1cccs1)C(C)C)c1ccccc1.